The van der Waals surface area contributed by atoms with Crippen molar-refractivity contribution in [3.05, 3.63) is 34.5 Å². The highest BCUT2D eigenvalue weighted by molar-refractivity contribution is 7.21. The molecular formula is C14H13FN2O3S. The number of fused-ring (bicyclic) bond motifs is 1. The Hall–Kier alpha value is -1.99. The number of benzene rings is 1. The van der Waals surface area contributed by atoms with Gasteiger partial charge in [-0.15, -0.1) is 11.3 Å². The summed E-state index contributed by atoms with van der Waals surface area (Å²) in [6, 6.07) is 4.54. The van der Waals surface area contributed by atoms with E-state index in [1.54, 1.807) is 12.1 Å². The van der Waals surface area contributed by atoms with Gasteiger partial charge in [-0.25, -0.2) is 9.18 Å². The van der Waals surface area contributed by atoms with Gasteiger partial charge >= 0.3 is 5.97 Å². The first-order chi connectivity index (χ1) is 10.1. The summed E-state index contributed by atoms with van der Waals surface area (Å²) in [7, 11) is 0. The molecule has 21 heavy (non-hydrogen) atoms. The van der Waals surface area contributed by atoms with Gasteiger partial charge in [-0.05, 0) is 12.1 Å². The molecule has 0 saturated carbocycles. The number of rotatable bonds is 4. The SMILES string of the molecule is O=C1CC(NCc2c(C(=O)O)sc3cccc(F)c23)CN1. The van der Waals surface area contributed by atoms with E-state index in [1.165, 1.54) is 6.07 Å². The predicted molar refractivity (Wildman–Crippen MR) is 77.0 cm³/mol. The first-order valence-corrected chi connectivity index (χ1v) is 7.31. The Morgan fingerprint density at radius 1 is 1.52 bits per heavy atom. The molecular weight excluding hydrogens is 295 g/mol. The standard InChI is InChI=1S/C14H13FN2O3S/c15-9-2-1-3-10-12(9)8(13(21-10)14(19)20)6-16-7-4-11(18)17-5-7/h1-3,7,16H,4-6H2,(H,17,18)(H,19,20). The lowest BCUT2D eigenvalue weighted by Gasteiger charge is -2.10. The van der Waals surface area contributed by atoms with E-state index in [4.69, 9.17) is 0 Å². The molecule has 0 bridgehead atoms. The van der Waals surface area contributed by atoms with E-state index < -0.39 is 11.8 Å². The van der Waals surface area contributed by atoms with Crippen molar-refractivity contribution in [2.75, 3.05) is 6.54 Å². The summed E-state index contributed by atoms with van der Waals surface area (Å²) in [5, 5.41) is 15.5. The Balaban J connectivity index is 1.93. The van der Waals surface area contributed by atoms with Crippen LogP contribution >= 0.6 is 11.3 Å². The molecule has 1 aromatic heterocycles. The Morgan fingerprint density at radius 3 is 3.00 bits per heavy atom. The highest BCUT2D eigenvalue weighted by Gasteiger charge is 2.24. The van der Waals surface area contributed by atoms with E-state index >= 15 is 0 Å². The van der Waals surface area contributed by atoms with Gasteiger partial charge in [-0.3, -0.25) is 4.79 Å². The monoisotopic (exact) mass is 308 g/mol. The normalized spacial score (nSPS) is 18.1. The van der Waals surface area contributed by atoms with Gasteiger partial charge in [0.2, 0.25) is 5.91 Å². The van der Waals surface area contributed by atoms with Crippen molar-refractivity contribution < 1.29 is 19.1 Å². The maximum Gasteiger partial charge on any atom is 0.346 e. The number of amides is 1. The minimum Gasteiger partial charge on any atom is -0.477 e. The van der Waals surface area contributed by atoms with Gasteiger partial charge in [-0.1, -0.05) is 6.07 Å². The molecule has 1 saturated heterocycles. The zero-order valence-electron chi connectivity index (χ0n) is 11.0. The van der Waals surface area contributed by atoms with Crippen LogP contribution in [0.2, 0.25) is 0 Å². The fourth-order valence-corrected chi connectivity index (χ4v) is 3.58. The summed E-state index contributed by atoms with van der Waals surface area (Å²) in [6.07, 6.45) is 0.354. The molecule has 1 amide bonds. The topological polar surface area (TPSA) is 78.4 Å². The lowest BCUT2D eigenvalue weighted by Crippen LogP contribution is -2.30. The van der Waals surface area contributed by atoms with Crippen LogP contribution in [-0.4, -0.2) is 29.6 Å². The minimum atomic E-state index is -1.06. The molecule has 1 atom stereocenters. The van der Waals surface area contributed by atoms with Gasteiger partial charge in [-0.2, -0.15) is 0 Å². The first kappa shape index (κ1) is 14.0. The summed E-state index contributed by atoms with van der Waals surface area (Å²) in [5.41, 5.74) is 0.444. The average Bonchev–Trinajstić information content (AvgIpc) is 3.01. The van der Waals surface area contributed by atoms with Gasteiger partial charge in [0.1, 0.15) is 10.7 Å². The van der Waals surface area contributed by atoms with Gasteiger partial charge in [0.25, 0.3) is 0 Å². The van der Waals surface area contributed by atoms with Crippen LogP contribution in [-0.2, 0) is 11.3 Å². The molecule has 2 aromatic rings. The van der Waals surface area contributed by atoms with Crippen molar-refractivity contribution in [1.29, 1.82) is 0 Å². The van der Waals surface area contributed by atoms with E-state index in [2.05, 4.69) is 10.6 Å². The lowest BCUT2D eigenvalue weighted by molar-refractivity contribution is -0.119. The largest absolute Gasteiger partial charge is 0.477 e. The molecule has 110 valence electrons. The van der Waals surface area contributed by atoms with Gasteiger partial charge in [0, 0.05) is 41.2 Å². The second-order valence-corrected chi connectivity index (χ2v) is 5.97. The smallest absolute Gasteiger partial charge is 0.346 e. The Bertz CT molecular complexity index is 728. The van der Waals surface area contributed by atoms with Crippen molar-refractivity contribution in [3.63, 3.8) is 0 Å². The molecule has 1 aliphatic heterocycles. The van der Waals surface area contributed by atoms with E-state index in [0.717, 1.165) is 11.3 Å². The number of thiophene rings is 1. The van der Waals surface area contributed by atoms with Crippen LogP contribution in [0, 0.1) is 5.82 Å². The maximum atomic E-state index is 14.0. The van der Waals surface area contributed by atoms with Crippen LogP contribution < -0.4 is 10.6 Å². The van der Waals surface area contributed by atoms with Gasteiger partial charge < -0.3 is 15.7 Å². The third-order valence-electron chi connectivity index (χ3n) is 3.50. The van der Waals surface area contributed by atoms with Crippen molar-refractivity contribution in [2.24, 2.45) is 0 Å². The van der Waals surface area contributed by atoms with E-state index in [9.17, 15) is 19.1 Å². The summed E-state index contributed by atoms with van der Waals surface area (Å²) >= 11 is 1.07. The molecule has 7 heteroatoms. The fourth-order valence-electron chi connectivity index (χ4n) is 2.50. The minimum absolute atomic E-state index is 0.0349. The Labute approximate surface area is 123 Å². The van der Waals surface area contributed by atoms with Crippen molar-refractivity contribution >= 4 is 33.3 Å². The molecule has 1 unspecified atom stereocenters. The average molecular weight is 308 g/mol. The predicted octanol–water partition coefficient (Wildman–Crippen LogP) is 1.72. The van der Waals surface area contributed by atoms with Crippen LogP contribution in [0.1, 0.15) is 21.7 Å². The van der Waals surface area contributed by atoms with Crippen LogP contribution in [0.15, 0.2) is 18.2 Å². The van der Waals surface area contributed by atoms with Crippen LogP contribution in [0.4, 0.5) is 4.39 Å². The number of carboxylic acids is 1. The summed E-state index contributed by atoms with van der Waals surface area (Å²) < 4.78 is 14.6. The molecule has 0 radical (unpaired) electrons. The first-order valence-electron chi connectivity index (χ1n) is 6.49. The van der Waals surface area contributed by atoms with Crippen LogP contribution in [0.5, 0.6) is 0 Å². The lowest BCUT2D eigenvalue weighted by atomic mass is 10.1. The van der Waals surface area contributed by atoms with Crippen LogP contribution in [0.3, 0.4) is 0 Å². The molecule has 2 heterocycles. The molecule has 5 nitrogen and oxygen atoms in total. The number of nitrogens with one attached hydrogen (secondary N) is 2. The van der Waals surface area contributed by atoms with Crippen molar-refractivity contribution in [1.82, 2.24) is 10.6 Å². The molecule has 0 spiro atoms. The van der Waals surface area contributed by atoms with Gasteiger partial charge in [0.15, 0.2) is 0 Å². The highest BCUT2D eigenvalue weighted by atomic mass is 32.1. The van der Waals surface area contributed by atoms with E-state index in [1.807, 2.05) is 0 Å². The number of hydrogen-bond acceptors (Lipinski definition) is 4. The third kappa shape index (κ3) is 2.62. The highest BCUT2D eigenvalue weighted by Crippen LogP contribution is 2.33. The third-order valence-corrected chi connectivity index (χ3v) is 4.69. The van der Waals surface area contributed by atoms with Crippen LogP contribution in [0.25, 0.3) is 10.1 Å². The number of carbonyl (C=O) groups excluding carboxylic acids is 1. The number of carbonyl (C=O) groups is 2. The quantitative estimate of drug-likeness (QED) is 0.803. The van der Waals surface area contributed by atoms with Gasteiger partial charge in [0.05, 0.1) is 0 Å². The number of halogens is 1. The van der Waals surface area contributed by atoms with Crippen molar-refractivity contribution in [3.8, 4) is 0 Å². The molecule has 1 aromatic carbocycles. The number of hydrogen-bond donors (Lipinski definition) is 3. The number of aromatic carboxylic acids is 1. The second kappa shape index (κ2) is 5.42. The molecule has 1 fully saturated rings. The summed E-state index contributed by atoms with van der Waals surface area (Å²) in [4.78, 5) is 22.6. The second-order valence-electron chi connectivity index (χ2n) is 4.91. The Kier molecular flexibility index (Phi) is 3.60. The molecule has 1 aliphatic rings. The maximum absolute atomic E-state index is 14.0. The van der Waals surface area contributed by atoms with Crippen molar-refractivity contribution in [2.45, 2.75) is 19.0 Å². The molecule has 0 aliphatic carbocycles. The molecule has 3 rings (SSSR count). The molecule has 3 N–H and O–H groups in total. The number of carboxylic acid groups (broad SMARTS) is 1. The zero-order valence-corrected chi connectivity index (χ0v) is 11.8. The summed E-state index contributed by atoms with van der Waals surface area (Å²) in [6.45, 7) is 0.730. The fraction of sp³-hybridized carbons (Fsp3) is 0.286. The summed E-state index contributed by atoms with van der Waals surface area (Å²) in [5.74, 6) is -1.52. The van der Waals surface area contributed by atoms with E-state index in [-0.39, 0.29) is 23.4 Å². The Morgan fingerprint density at radius 2 is 2.33 bits per heavy atom. The van der Waals surface area contributed by atoms with E-state index in [0.29, 0.717) is 28.6 Å². The zero-order chi connectivity index (χ0) is 15.0.